The molecule has 2 N–H and O–H groups in total. The van der Waals surface area contributed by atoms with Gasteiger partial charge >= 0.3 is 42.3 Å². The quantitative estimate of drug-likeness (QED) is 0.0923. The minimum Gasteiger partial charge on any atom is -0.461 e. The van der Waals surface area contributed by atoms with Crippen LogP contribution >= 0.6 is 0 Å². The molecule has 0 radical (unpaired) electrons. The number of hydrogen-bond donors (Lipinski definition) is 2. The molecule has 27 nitrogen and oxygen atoms in total. The van der Waals surface area contributed by atoms with Crippen LogP contribution in [-0.2, 0) is 47.7 Å². The van der Waals surface area contributed by atoms with Crippen LogP contribution in [0.3, 0.4) is 0 Å². The van der Waals surface area contributed by atoms with Gasteiger partial charge in [-0.15, -0.1) is 0 Å². The number of nitrogens with one attached hydrogen (secondary N) is 2. The van der Waals surface area contributed by atoms with Gasteiger partial charge in [0, 0.05) is 52.7 Å². The highest BCUT2D eigenvalue weighted by molar-refractivity contribution is 5.95. The minimum absolute atomic E-state index is 0.0516. The Morgan fingerprint density at radius 2 is 1.06 bits per heavy atom. The fourth-order valence-electron chi connectivity index (χ4n) is 8.49. The number of ether oxygens (including phenoxy) is 5. The van der Waals surface area contributed by atoms with Crippen molar-refractivity contribution < 1.29 is 75.2 Å². The van der Waals surface area contributed by atoms with Crippen LogP contribution in [0.2, 0.25) is 0 Å². The Kier molecular flexibility index (Phi) is 21.2. The van der Waals surface area contributed by atoms with Gasteiger partial charge in [0.15, 0.2) is 11.3 Å². The summed E-state index contributed by atoms with van der Waals surface area (Å²) in [4.78, 5) is 120. The zero-order chi connectivity index (χ0) is 58.2. The Balaban J connectivity index is 0.000000291. The van der Waals surface area contributed by atoms with Crippen LogP contribution in [0.25, 0.3) is 22.1 Å². The van der Waals surface area contributed by atoms with Crippen molar-refractivity contribution in [2.45, 2.75) is 84.2 Å². The van der Waals surface area contributed by atoms with E-state index in [0.717, 1.165) is 17.4 Å². The molecule has 6 rings (SSSR count). The van der Waals surface area contributed by atoms with Gasteiger partial charge in [-0.05, 0) is 57.6 Å². The normalized spacial score (nSPS) is 17.2. The minimum atomic E-state index is -5.13. The number of rotatable bonds is 16. The summed E-state index contributed by atoms with van der Waals surface area (Å²) in [7, 11) is 3.70. The number of piperidine rings is 2. The number of aromatic nitrogens is 6. The van der Waals surface area contributed by atoms with E-state index in [2.05, 4.69) is 43.8 Å². The molecule has 2 aliphatic heterocycles. The van der Waals surface area contributed by atoms with Crippen LogP contribution in [0, 0.1) is 34.5 Å². The number of esters is 2. The fraction of sp³-hybridized carbons (Fsp3) is 0.551. The first kappa shape index (κ1) is 61.0. The molecule has 0 saturated carbocycles. The summed E-state index contributed by atoms with van der Waals surface area (Å²) < 4.78 is 63.7. The molecule has 2 fully saturated rings. The van der Waals surface area contributed by atoms with Crippen LogP contribution < -0.4 is 20.4 Å². The van der Waals surface area contributed by atoms with Gasteiger partial charge < -0.3 is 53.9 Å². The van der Waals surface area contributed by atoms with Crippen molar-refractivity contribution in [3.8, 4) is 12.1 Å². The highest BCUT2D eigenvalue weighted by Crippen LogP contribution is 2.32. The van der Waals surface area contributed by atoms with E-state index in [0.29, 0.717) is 54.2 Å². The largest absolute Gasteiger partial charge is 0.471 e. The van der Waals surface area contributed by atoms with Gasteiger partial charge in [-0.1, -0.05) is 13.8 Å². The number of amides is 4. The summed E-state index contributed by atoms with van der Waals surface area (Å²) >= 11 is 0. The summed E-state index contributed by atoms with van der Waals surface area (Å²) in [6.07, 6.45) is -0.690. The lowest BCUT2D eigenvalue weighted by Crippen LogP contribution is -2.52. The molecule has 4 atom stereocenters. The van der Waals surface area contributed by atoms with Gasteiger partial charge in [-0.3, -0.25) is 24.0 Å². The van der Waals surface area contributed by atoms with E-state index in [1.54, 1.807) is 42.7 Å². The lowest BCUT2D eigenvalue weighted by atomic mass is 9.92. The van der Waals surface area contributed by atoms with E-state index in [4.69, 9.17) is 29.5 Å². The molecule has 4 aromatic rings. The maximum absolute atomic E-state index is 12.7. The van der Waals surface area contributed by atoms with Crippen LogP contribution in [0.5, 0.6) is 0 Å². The highest BCUT2D eigenvalue weighted by Gasteiger charge is 2.39. The number of nitriles is 2. The van der Waals surface area contributed by atoms with Gasteiger partial charge in [0.25, 0.3) is 0 Å². The molecular weight excluding hydrogens is 1050 g/mol. The van der Waals surface area contributed by atoms with Crippen molar-refractivity contribution in [2.24, 2.45) is 11.8 Å². The number of alkyl halides is 3. The molecule has 0 bridgehead atoms. The van der Waals surface area contributed by atoms with Crippen LogP contribution in [0.15, 0.2) is 37.2 Å². The summed E-state index contributed by atoms with van der Waals surface area (Å²) in [5.41, 5.74) is -0.119. The third-order valence-electron chi connectivity index (χ3n) is 12.6. The van der Waals surface area contributed by atoms with E-state index in [-0.39, 0.29) is 74.0 Å². The maximum atomic E-state index is 12.7. The smallest absolute Gasteiger partial charge is 0.461 e. The second-order valence-electron chi connectivity index (χ2n) is 19.2. The summed E-state index contributed by atoms with van der Waals surface area (Å²) in [6, 6.07) is 6.96. The average Bonchev–Trinajstić information content (AvgIpc) is 4.16. The first-order chi connectivity index (χ1) is 37.3. The van der Waals surface area contributed by atoms with Crippen LogP contribution in [-0.4, -0.2) is 190 Å². The summed E-state index contributed by atoms with van der Waals surface area (Å²) in [5.74, 6) is -2.97. The van der Waals surface area contributed by atoms with Gasteiger partial charge in [-0.2, -0.15) is 23.7 Å². The molecule has 0 aliphatic carbocycles. The van der Waals surface area contributed by atoms with Crippen molar-refractivity contribution in [1.29, 1.82) is 10.5 Å². The number of alkyl carbamates (subject to hydrolysis) is 1. The third kappa shape index (κ3) is 16.8. The monoisotopic (exact) mass is 1110 g/mol. The van der Waals surface area contributed by atoms with Gasteiger partial charge in [-0.25, -0.2) is 43.5 Å². The van der Waals surface area contributed by atoms with Gasteiger partial charge in [0.1, 0.15) is 82.3 Å². The molecule has 0 spiro atoms. The summed E-state index contributed by atoms with van der Waals surface area (Å²) in [6.45, 7) is 8.65. The zero-order valence-electron chi connectivity index (χ0n) is 44.5. The Morgan fingerprint density at radius 3 is 1.46 bits per heavy atom. The van der Waals surface area contributed by atoms with Gasteiger partial charge in [0.2, 0.25) is 11.8 Å². The predicted octanol–water partition coefficient (Wildman–Crippen LogP) is 3.30. The molecule has 426 valence electrons. The third-order valence-corrected chi connectivity index (χ3v) is 12.6. The first-order valence-corrected chi connectivity index (χ1v) is 24.7. The van der Waals surface area contributed by atoms with E-state index >= 15 is 0 Å². The number of carbonyl (C=O) groups excluding carboxylic acids is 8. The number of fused-ring (bicyclic) bond motifs is 2. The number of nitrogens with zero attached hydrogens (tertiary/aromatic N) is 12. The predicted molar refractivity (Wildman–Crippen MR) is 269 cm³/mol. The molecule has 4 aromatic heterocycles. The highest BCUT2D eigenvalue weighted by atomic mass is 19.4. The number of hydrogen-bond acceptors (Lipinski definition) is 21. The Morgan fingerprint density at radius 1 is 0.658 bits per heavy atom. The molecule has 6 heterocycles. The van der Waals surface area contributed by atoms with Crippen molar-refractivity contribution in [2.75, 3.05) is 89.6 Å². The average molecular weight is 1110 g/mol. The second kappa shape index (κ2) is 27.5. The molecular formula is C49H61F3N14O13. The number of halogens is 3. The molecule has 30 heteroatoms. The lowest BCUT2D eigenvalue weighted by molar-refractivity contribution is -0.174. The zero-order valence-corrected chi connectivity index (χ0v) is 44.5. The van der Waals surface area contributed by atoms with E-state index in [9.17, 15) is 51.5 Å². The van der Waals surface area contributed by atoms with Crippen molar-refractivity contribution in [3.05, 3.63) is 37.2 Å². The first-order valence-electron chi connectivity index (χ1n) is 24.7. The molecule has 79 heavy (non-hydrogen) atoms. The van der Waals surface area contributed by atoms with Crippen molar-refractivity contribution in [3.63, 3.8) is 0 Å². The molecule has 2 saturated heterocycles. The Labute approximate surface area is 450 Å². The lowest BCUT2D eigenvalue weighted by Gasteiger charge is -2.42. The van der Waals surface area contributed by atoms with Crippen LogP contribution in [0.4, 0.5) is 39.2 Å². The van der Waals surface area contributed by atoms with Gasteiger partial charge in [0.05, 0.1) is 35.0 Å². The topological polar surface area (TPSA) is 329 Å². The Hall–Kier alpha value is -8.83. The van der Waals surface area contributed by atoms with E-state index < -0.39 is 67.7 Å². The molecule has 2 aliphatic rings. The standard InChI is InChI=1S/C26H35N7O7.C23H26F3N7O6/c1-17-7-10-32(20(34)6-9-27)15-19(17)31(5)22-18-8-11-33(23(18)30-16-29-22)25(37)39-13-12-38-21(35)14-28-24(36)40-26(2,3)4;1-14-4-7-32(17(34)3-6-27)12-16(14)31(2)19-15-5-8-33(20(15)30-13-29-19)22(37)39-10-9-38-18(35)11-28-21(36)23(24,25)26/h8,11,16-17,19H,6-7,10,12-15H2,1-5H3,(H,28,36);5,8,13-14,16H,3-4,7,9-12H2,1-2H3,(H,28,36)/t17-,19+;14-,16+/m11/s1. The summed E-state index contributed by atoms with van der Waals surface area (Å²) in [5, 5.41) is 22.6. The Bertz CT molecular complexity index is 2950. The van der Waals surface area contributed by atoms with E-state index in [1.165, 1.54) is 34.9 Å². The molecule has 0 aromatic carbocycles. The molecule has 4 amide bonds. The number of carbonyl (C=O) groups is 8. The molecule has 0 unspecified atom stereocenters. The number of likely N-dealkylation sites (N-methyl/N-ethyl adjacent to an activating group) is 2. The van der Waals surface area contributed by atoms with Crippen LogP contribution in [0.1, 0.15) is 60.3 Å². The fourth-order valence-corrected chi connectivity index (χ4v) is 8.49. The SMILES string of the molecule is C[C@@H]1CCN(C(=O)CC#N)C[C@@H]1N(C)c1ncnc2c1ccn2C(=O)OCCOC(=O)CNC(=O)C(F)(F)F.C[C@@H]1CCN(C(=O)CC#N)C[C@@H]1N(C)c1ncnc2c1ccn2C(=O)OCCOC(=O)CNC(=O)OC(C)(C)C. The van der Waals surface area contributed by atoms with Crippen molar-refractivity contribution in [1.82, 2.24) is 49.5 Å². The maximum Gasteiger partial charge on any atom is 0.471 e. The number of anilines is 2. The second-order valence-corrected chi connectivity index (χ2v) is 19.2. The number of likely N-dealkylation sites (tertiary alicyclic amines) is 2. The van der Waals surface area contributed by atoms with Crippen molar-refractivity contribution >= 4 is 81.6 Å². The van der Waals surface area contributed by atoms with E-state index in [1.807, 2.05) is 36.0 Å².